The maximum Gasteiger partial charge on any atom is 0.334 e. The first-order chi connectivity index (χ1) is 11.6. The summed E-state index contributed by atoms with van der Waals surface area (Å²) in [5.41, 5.74) is 1.64. The van der Waals surface area contributed by atoms with Gasteiger partial charge >= 0.3 is 11.9 Å². The molecule has 6 nitrogen and oxygen atoms in total. The fraction of sp³-hybridized carbons (Fsp3) is 0.474. The summed E-state index contributed by atoms with van der Waals surface area (Å²) in [6.07, 6.45) is -0.281. The van der Waals surface area contributed by atoms with Crippen molar-refractivity contribution in [3.05, 3.63) is 47.6 Å². The van der Waals surface area contributed by atoms with Crippen LogP contribution in [0.2, 0.25) is 0 Å². The number of aliphatic hydroxyl groups is 2. The van der Waals surface area contributed by atoms with Gasteiger partial charge in [-0.15, -0.1) is 0 Å². The van der Waals surface area contributed by atoms with Crippen LogP contribution < -0.4 is 0 Å². The van der Waals surface area contributed by atoms with Gasteiger partial charge in [-0.1, -0.05) is 24.8 Å². The normalized spacial score (nSPS) is 37.1. The van der Waals surface area contributed by atoms with Crippen molar-refractivity contribution < 1.29 is 29.3 Å². The molecule has 1 saturated heterocycles. The summed E-state index contributed by atoms with van der Waals surface area (Å²) in [5, 5.41) is 20.3. The van der Waals surface area contributed by atoms with Gasteiger partial charge in [-0.3, -0.25) is 0 Å². The van der Waals surface area contributed by atoms with Gasteiger partial charge < -0.3 is 19.7 Å². The quantitative estimate of drug-likeness (QED) is 0.447. The molecular weight excluding hydrogens is 324 g/mol. The van der Waals surface area contributed by atoms with Gasteiger partial charge in [-0.05, 0) is 32.4 Å². The van der Waals surface area contributed by atoms with Crippen LogP contribution in [0.5, 0.6) is 0 Å². The minimum absolute atomic E-state index is 0.219. The average molecular weight is 348 g/mol. The van der Waals surface area contributed by atoms with Crippen LogP contribution in [0.1, 0.15) is 27.2 Å². The summed E-state index contributed by atoms with van der Waals surface area (Å²) in [6.45, 7) is 12.3. The van der Waals surface area contributed by atoms with Crippen molar-refractivity contribution in [2.75, 3.05) is 0 Å². The van der Waals surface area contributed by atoms with E-state index in [-0.39, 0.29) is 17.6 Å². The van der Waals surface area contributed by atoms with E-state index >= 15 is 0 Å². The minimum atomic E-state index is -1.11. The summed E-state index contributed by atoms with van der Waals surface area (Å²) in [7, 11) is 0. The van der Waals surface area contributed by atoms with Crippen LogP contribution in [0.4, 0.5) is 0 Å². The van der Waals surface area contributed by atoms with Crippen LogP contribution in [0, 0.1) is 5.92 Å². The van der Waals surface area contributed by atoms with Gasteiger partial charge in [0.1, 0.15) is 24.4 Å². The van der Waals surface area contributed by atoms with Gasteiger partial charge in [0.25, 0.3) is 0 Å². The van der Waals surface area contributed by atoms with Gasteiger partial charge in [0, 0.05) is 17.6 Å². The number of fused-ring (bicyclic) bond motifs is 1. The third kappa shape index (κ3) is 4.08. The molecule has 25 heavy (non-hydrogen) atoms. The molecule has 0 amide bonds. The summed E-state index contributed by atoms with van der Waals surface area (Å²) in [5.74, 6) is -1.70. The predicted molar refractivity (Wildman–Crippen MR) is 91.3 cm³/mol. The van der Waals surface area contributed by atoms with Crippen molar-refractivity contribution in [3.8, 4) is 0 Å². The van der Waals surface area contributed by atoms with Gasteiger partial charge in [0.2, 0.25) is 0 Å². The number of hydrogen-bond donors (Lipinski definition) is 2. The molecule has 0 aromatic heterocycles. The molecule has 0 aromatic carbocycles. The first-order valence-electron chi connectivity index (χ1n) is 8.09. The number of ether oxygens (including phenoxy) is 2. The SMILES string of the molecule is C=C(C)C(=O)OC1C/C(C)=C\[C@@H](O)C(O)/C(C)=C\[C@H]2OC(=O)C(=C)[C@H]12. The Kier molecular flexibility index (Phi) is 5.65. The van der Waals surface area contributed by atoms with Gasteiger partial charge in [0.15, 0.2) is 0 Å². The summed E-state index contributed by atoms with van der Waals surface area (Å²) >= 11 is 0. The largest absolute Gasteiger partial charge is 0.458 e. The zero-order valence-electron chi connectivity index (χ0n) is 14.7. The van der Waals surface area contributed by atoms with Gasteiger partial charge in [-0.25, -0.2) is 9.59 Å². The Morgan fingerprint density at radius 3 is 2.56 bits per heavy atom. The molecule has 2 aliphatic rings. The Balaban J connectivity index is 2.47. The number of aliphatic hydroxyl groups excluding tert-OH is 2. The molecule has 5 atom stereocenters. The maximum atomic E-state index is 12.0. The molecule has 0 bridgehead atoms. The molecule has 0 saturated carbocycles. The number of esters is 2. The molecule has 2 rings (SSSR count). The molecule has 1 aliphatic carbocycles. The van der Waals surface area contributed by atoms with Crippen molar-refractivity contribution in [1.29, 1.82) is 0 Å². The third-order valence-corrected chi connectivity index (χ3v) is 4.46. The second-order valence-corrected chi connectivity index (χ2v) is 6.71. The van der Waals surface area contributed by atoms with Gasteiger partial charge in [-0.2, -0.15) is 0 Å². The van der Waals surface area contributed by atoms with E-state index in [1.807, 2.05) is 0 Å². The highest BCUT2D eigenvalue weighted by molar-refractivity contribution is 5.91. The average Bonchev–Trinajstić information content (AvgIpc) is 2.79. The molecule has 0 aromatic rings. The van der Waals surface area contributed by atoms with Crippen LogP contribution in [-0.2, 0) is 19.1 Å². The highest BCUT2D eigenvalue weighted by Crippen LogP contribution is 2.36. The molecular formula is C19H24O6. The van der Waals surface area contributed by atoms with Crippen LogP contribution >= 0.6 is 0 Å². The Labute approximate surface area is 147 Å². The van der Waals surface area contributed by atoms with E-state index in [0.717, 1.165) is 0 Å². The number of carbonyl (C=O) groups is 2. The molecule has 1 aliphatic heterocycles. The minimum Gasteiger partial charge on any atom is -0.458 e. The Hall–Kier alpha value is -2.18. The van der Waals surface area contributed by atoms with E-state index in [1.54, 1.807) is 19.9 Å². The highest BCUT2D eigenvalue weighted by Gasteiger charge is 2.44. The van der Waals surface area contributed by atoms with E-state index < -0.39 is 42.3 Å². The summed E-state index contributed by atoms with van der Waals surface area (Å²) in [6, 6.07) is 0. The fourth-order valence-electron chi connectivity index (χ4n) is 3.06. The molecule has 136 valence electrons. The molecule has 1 fully saturated rings. The van der Waals surface area contributed by atoms with Crippen molar-refractivity contribution in [2.24, 2.45) is 5.92 Å². The Bertz CT molecular complexity index is 671. The third-order valence-electron chi connectivity index (χ3n) is 4.46. The summed E-state index contributed by atoms with van der Waals surface area (Å²) in [4.78, 5) is 24.0. The number of hydrogen-bond acceptors (Lipinski definition) is 6. The first-order valence-corrected chi connectivity index (χ1v) is 8.09. The lowest BCUT2D eigenvalue weighted by atomic mass is 9.84. The van der Waals surface area contributed by atoms with Crippen molar-refractivity contribution in [2.45, 2.75) is 51.6 Å². The van der Waals surface area contributed by atoms with Crippen LogP contribution in [-0.4, -0.2) is 46.6 Å². The summed E-state index contributed by atoms with van der Waals surface area (Å²) < 4.78 is 10.9. The van der Waals surface area contributed by atoms with Crippen LogP contribution in [0.3, 0.4) is 0 Å². The zero-order chi connectivity index (χ0) is 18.9. The van der Waals surface area contributed by atoms with Crippen molar-refractivity contribution in [3.63, 3.8) is 0 Å². The monoisotopic (exact) mass is 348 g/mol. The molecule has 1 heterocycles. The van der Waals surface area contributed by atoms with Crippen molar-refractivity contribution in [1.82, 2.24) is 0 Å². The molecule has 0 radical (unpaired) electrons. The molecule has 2 unspecified atom stereocenters. The highest BCUT2D eigenvalue weighted by atomic mass is 16.6. The van der Waals surface area contributed by atoms with E-state index in [1.165, 1.54) is 13.0 Å². The second-order valence-electron chi connectivity index (χ2n) is 6.71. The zero-order valence-corrected chi connectivity index (χ0v) is 14.7. The van der Waals surface area contributed by atoms with Crippen LogP contribution in [0.25, 0.3) is 0 Å². The molecule has 0 spiro atoms. The lowest BCUT2D eigenvalue weighted by Gasteiger charge is -2.28. The standard InChI is InChI=1S/C19H24O6/c1-9(2)18(22)24-14-7-10(3)6-13(20)17(21)11(4)8-15-16(14)12(5)19(23)25-15/h6,8,13-17,20-21H,1,5,7H2,2-4H3/b10-6-,11-8-/t13-,14?,15-,16-,17?/m1/s1. The van der Waals surface area contributed by atoms with E-state index in [4.69, 9.17) is 9.47 Å². The van der Waals surface area contributed by atoms with Gasteiger partial charge in [0.05, 0.1) is 5.92 Å². The van der Waals surface area contributed by atoms with E-state index in [2.05, 4.69) is 13.2 Å². The van der Waals surface area contributed by atoms with E-state index in [9.17, 15) is 19.8 Å². The smallest absolute Gasteiger partial charge is 0.334 e. The molecule has 6 heteroatoms. The lowest BCUT2D eigenvalue weighted by molar-refractivity contribution is -0.147. The number of carbonyl (C=O) groups excluding carboxylic acids is 2. The van der Waals surface area contributed by atoms with E-state index in [0.29, 0.717) is 11.1 Å². The fourth-order valence-corrected chi connectivity index (χ4v) is 3.06. The predicted octanol–water partition coefficient (Wildman–Crippen LogP) is 1.59. The Morgan fingerprint density at radius 1 is 1.32 bits per heavy atom. The second kappa shape index (κ2) is 7.37. The molecule has 2 N–H and O–H groups in total. The topological polar surface area (TPSA) is 93.1 Å². The number of rotatable bonds is 2. The maximum absolute atomic E-state index is 12.0. The Morgan fingerprint density at radius 2 is 1.96 bits per heavy atom. The first kappa shape index (κ1) is 19.1. The lowest BCUT2D eigenvalue weighted by Crippen LogP contribution is -2.35. The van der Waals surface area contributed by atoms with Crippen molar-refractivity contribution >= 4 is 11.9 Å². The van der Waals surface area contributed by atoms with Crippen LogP contribution in [0.15, 0.2) is 47.6 Å².